The maximum absolute atomic E-state index is 13.2. The summed E-state index contributed by atoms with van der Waals surface area (Å²) in [7, 11) is -2.85. The summed E-state index contributed by atoms with van der Waals surface area (Å²) >= 11 is 0. The van der Waals surface area contributed by atoms with Gasteiger partial charge in [0.15, 0.2) is 15.5 Å². The molecule has 11 heteroatoms. The molecule has 0 amide bonds. The molecule has 0 bridgehead atoms. The maximum atomic E-state index is 13.2. The Balaban J connectivity index is 1.24. The van der Waals surface area contributed by atoms with Gasteiger partial charge in [-0.2, -0.15) is 18.3 Å². The van der Waals surface area contributed by atoms with E-state index in [2.05, 4.69) is 10.00 Å². The summed E-state index contributed by atoms with van der Waals surface area (Å²) in [6.45, 7) is 2.90. The highest BCUT2D eigenvalue weighted by Gasteiger charge is 2.60. The van der Waals surface area contributed by atoms with E-state index in [1.807, 2.05) is 0 Å². The van der Waals surface area contributed by atoms with E-state index in [0.717, 1.165) is 49.5 Å². The highest BCUT2D eigenvalue weighted by atomic mass is 32.2. The number of aromatic nitrogens is 2. The van der Waals surface area contributed by atoms with E-state index in [1.54, 1.807) is 0 Å². The number of hydrogen-bond acceptors (Lipinski definition) is 4. The van der Waals surface area contributed by atoms with E-state index in [0.29, 0.717) is 17.5 Å². The van der Waals surface area contributed by atoms with E-state index in [-0.39, 0.29) is 28.9 Å². The summed E-state index contributed by atoms with van der Waals surface area (Å²) < 4.78 is 90.0. The smallest absolute Gasteiger partial charge is 0.300 e. The lowest BCUT2D eigenvalue weighted by molar-refractivity contribution is -0.141. The Labute approximate surface area is 177 Å². The number of halogens is 5. The van der Waals surface area contributed by atoms with Crippen molar-refractivity contribution in [1.29, 1.82) is 0 Å². The normalized spacial score (nSPS) is 35.2. The standard InChI is InChI=1S/C20H26F5N3O2S/c1-11(18(21)22)28-15(8-16(26-28)20(23,24)25)17-13-6-12(7-14(13)17)27-4-2-19(3-5-27)9-31(29,30)10-19/h8,11-14,17-18H,2-7,9-10H2,1H3/t11-,12-,13+,14-,17-/m1/s1. The molecule has 5 atom stereocenters. The predicted octanol–water partition coefficient (Wildman–Crippen LogP) is 3.73. The average Bonchev–Trinajstić information content (AvgIpc) is 3.02. The Morgan fingerprint density at radius 3 is 2.19 bits per heavy atom. The molecule has 31 heavy (non-hydrogen) atoms. The number of likely N-dealkylation sites (tertiary alicyclic amines) is 1. The van der Waals surface area contributed by atoms with Gasteiger partial charge in [-0.25, -0.2) is 17.2 Å². The van der Waals surface area contributed by atoms with E-state index >= 15 is 0 Å². The Hall–Kier alpha value is -1.23. The van der Waals surface area contributed by atoms with Crippen molar-refractivity contribution < 1.29 is 30.4 Å². The molecule has 2 aliphatic carbocycles. The fraction of sp³-hybridized carbons (Fsp3) is 0.850. The molecule has 5 nitrogen and oxygen atoms in total. The largest absolute Gasteiger partial charge is 0.435 e. The maximum Gasteiger partial charge on any atom is 0.435 e. The third-order valence-corrected chi connectivity index (χ3v) is 10.1. The van der Waals surface area contributed by atoms with Crippen LogP contribution in [-0.2, 0) is 16.0 Å². The first-order valence-corrected chi connectivity index (χ1v) is 12.6. The van der Waals surface area contributed by atoms with E-state index < -0.39 is 34.2 Å². The van der Waals surface area contributed by atoms with Crippen molar-refractivity contribution in [1.82, 2.24) is 14.7 Å². The third kappa shape index (κ3) is 3.69. The number of nitrogens with zero attached hydrogens (tertiary/aromatic N) is 3. The molecular formula is C20H26F5N3O2S. The van der Waals surface area contributed by atoms with Crippen LogP contribution in [0.15, 0.2) is 6.07 Å². The number of fused-ring (bicyclic) bond motifs is 1. The number of sulfone groups is 1. The molecule has 1 aromatic rings. The predicted molar refractivity (Wildman–Crippen MR) is 103 cm³/mol. The van der Waals surface area contributed by atoms with Gasteiger partial charge in [0.2, 0.25) is 0 Å². The topological polar surface area (TPSA) is 55.2 Å². The second-order valence-corrected chi connectivity index (χ2v) is 12.1. The average molecular weight is 468 g/mol. The van der Waals surface area contributed by atoms with Crippen molar-refractivity contribution in [2.45, 2.75) is 63.2 Å². The fourth-order valence-corrected chi connectivity index (χ4v) is 8.68. The summed E-state index contributed by atoms with van der Waals surface area (Å²) in [5.41, 5.74) is -0.871. The number of hydrogen-bond donors (Lipinski definition) is 0. The highest BCUT2D eigenvalue weighted by molar-refractivity contribution is 7.92. The molecule has 2 saturated carbocycles. The molecular weight excluding hydrogens is 441 g/mol. The van der Waals surface area contributed by atoms with Crippen molar-refractivity contribution in [3.05, 3.63) is 17.5 Å². The molecule has 0 unspecified atom stereocenters. The first-order valence-electron chi connectivity index (χ1n) is 10.8. The number of piperidine rings is 1. The molecule has 0 radical (unpaired) electrons. The molecule has 4 aliphatic rings. The van der Waals surface area contributed by atoms with Crippen LogP contribution in [0.25, 0.3) is 0 Å². The first kappa shape index (κ1) is 21.6. The SMILES string of the molecule is C[C@H](C(F)F)n1nc(C(F)(F)F)cc1[C@H]1[C@@H]2C[C@H](N3CCC4(CC3)CS(=O)(=O)C4)C[C@@H]21. The van der Waals surface area contributed by atoms with Crippen molar-refractivity contribution >= 4 is 9.84 Å². The number of rotatable bonds is 4. The Bertz CT molecular complexity index is 942. The van der Waals surface area contributed by atoms with Gasteiger partial charge in [-0.05, 0) is 63.6 Å². The molecule has 3 heterocycles. The van der Waals surface area contributed by atoms with Crippen LogP contribution in [0.4, 0.5) is 22.0 Å². The third-order valence-electron chi connectivity index (χ3n) is 7.99. The monoisotopic (exact) mass is 467 g/mol. The van der Waals surface area contributed by atoms with E-state index in [1.165, 1.54) is 6.92 Å². The fourth-order valence-electron chi connectivity index (χ4n) is 6.32. The van der Waals surface area contributed by atoms with Crippen LogP contribution in [0.1, 0.15) is 56.0 Å². The lowest BCUT2D eigenvalue weighted by Crippen LogP contribution is -2.55. The second kappa shape index (κ2) is 6.88. The van der Waals surface area contributed by atoms with Crippen molar-refractivity contribution in [2.75, 3.05) is 24.6 Å². The molecule has 0 N–H and O–H groups in total. The molecule has 2 saturated heterocycles. The zero-order valence-electron chi connectivity index (χ0n) is 17.2. The van der Waals surface area contributed by atoms with Gasteiger partial charge in [-0.3, -0.25) is 4.68 Å². The minimum Gasteiger partial charge on any atom is -0.300 e. The van der Waals surface area contributed by atoms with Gasteiger partial charge in [-0.1, -0.05) is 0 Å². The Kier molecular flexibility index (Phi) is 4.80. The summed E-state index contributed by atoms with van der Waals surface area (Å²) in [5.74, 6) is 0.839. The van der Waals surface area contributed by atoms with Crippen LogP contribution in [0.3, 0.4) is 0 Å². The van der Waals surface area contributed by atoms with Gasteiger partial charge in [0.1, 0.15) is 6.04 Å². The summed E-state index contributed by atoms with van der Waals surface area (Å²) in [6.07, 6.45) is -4.02. The quantitative estimate of drug-likeness (QED) is 0.634. The van der Waals surface area contributed by atoms with Crippen molar-refractivity contribution in [3.8, 4) is 0 Å². The Morgan fingerprint density at radius 2 is 1.71 bits per heavy atom. The van der Waals surface area contributed by atoms with E-state index in [4.69, 9.17) is 0 Å². The molecule has 2 aliphatic heterocycles. The van der Waals surface area contributed by atoms with Crippen LogP contribution in [-0.4, -0.2) is 60.2 Å². The van der Waals surface area contributed by atoms with Gasteiger partial charge >= 0.3 is 6.18 Å². The van der Waals surface area contributed by atoms with Crippen LogP contribution in [0, 0.1) is 17.3 Å². The van der Waals surface area contributed by atoms with Crippen LogP contribution >= 0.6 is 0 Å². The molecule has 5 rings (SSSR count). The molecule has 0 aromatic carbocycles. The second-order valence-electron chi connectivity index (χ2n) is 10.0. The van der Waals surface area contributed by atoms with Gasteiger partial charge in [0.05, 0.1) is 11.5 Å². The van der Waals surface area contributed by atoms with Gasteiger partial charge < -0.3 is 4.90 Å². The van der Waals surface area contributed by atoms with Crippen LogP contribution in [0.2, 0.25) is 0 Å². The van der Waals surface area contributed by atoms with Crippen molar-refractivity contribution in [3.63, 3.8) is 0 Å². The number of alkyl halides is 5. The molecule has 4 fully saturated rings. The van der Waals surface area contributed by atoms with Gasteiger partial charge in [0.25, 0.3) is 6.43 Å². The summed E-state index contributed by atoms with van der Waals surface area (Å²) in [6, 6.07) is -0.106. The molecule has 1 spiro atoms. The molecule has 174 valence electrons. The minimum absolute atomic E-state index is 0.0503. The molecule has 1 aromatic heterocycles. The van der Waals surface area contributed by atoms with Gasteiger partial charge in [-0.15, -0.1) is 0 Å². The van der Waals surface area contributed by atoms with E-state index in [9.17, 15) is 30.4 Å². The zero-order valence-corrected chi connectivity index (χ0v) is 18.0. The summed E-state index contributed by atoms with van der Waals surface area (Å²) in [5, 5.41) is 3.50. The van der Waals surface area contributed by atoms with Crippen LogP contribution in [0.5, 0.6) is 0 Å². The zero-order chi connectivity index (χ0) is 22.3. The van der Waals surface area contributed by atoms with Gasteiger partial charge in [0, 0.05) is 23.1 Å². The first-order chi connectivity index (χ1) is 14.4. The highest BCUT2D eigenvalue weighted by Crippen LogP contribution is 2.64. The Morgan fingerprint density at radius 1 is 1.13 bits per heavy atom. The lowest BCUT2D eigenvalue weighted by atomic mass is 9.80. The summed E-state index contributed by atoms with van der Waals surface area (Å²) in [4.78, 5) is 2.39. The lowest BCUT2D eigenvalue weighted by Gasteiger charge is -2.48. The van der Waals surface area contributed by atoms with Crippen LogP contribution < -0.4 is 0 Å². The van der Waals surface area contributed by atoms with Crippen molar-refractivity contribution in [2.24, 2.45) is 17.3 Å². The minimum atomic E-state index is -4.66.